The third-order valence-electron chi connectivity index (χ3n) is 2.78. The van der Waals surface area contributed by atoms with E-state index in [1.807, 2.05) is 0 Å². The topological polar surface area (TPSA) is 29.9 Å². The van der Waals surface area contributed by atoms with Crippen LogP contribution in [0.4, 0.5) is 19.1 Å². The van der Waals surface area contributed by atoms with Crippen LogP contribution < -0.4 is 5.32 Å². The van der Waals surface area contributed by atoms with Crippen LogP contribution in [0.15, 0.2) is 49.3 Å². The van der Waals surface area contributed by atoms with E-state index in [1.165, 1.54) is 12.1 Å². The molecule has 0 fully saturated rings. The van der Waals surface area contributed by atoms with Crippen LogP contribution >= 0.6 is 0 Å². The van der Waals surface area contributed by atoms with E-state index >= 15 is 0 Å². The summed E-state index contributed by atoms with van der Waals surface area (Å²) in [4.78, 5) is 4.06. The van der Waals surface area contributed by atoms with Crippen LogP contribution in [0.1, 0.15) is 11.1 Å². The zero-order valence-corrected chi connectivity index (χ0v) is 10.7. The predicted octanol–water partition coefficient (Wildman–Crippen LogP) is 3.55. The quantitative estimate of drug-likeness (QED) is 0.849. The average Bonchev–Trinajstić information content (AvgIpc) is 2.83. The lowest BCUT2D eigenvalue weighted by Gasteiger charge is -2.14. The van der Waals surface area contributed by atoms with Crippen molar-refractivity contribution in [3.05, 3.63) is 60.4 Å². The number of hydrogen-bond donors (Lipinski definition) is 1. The Hall–Kier alpha value is -2.24. The molecule has 1 heterocycles. The highest BCUT2D eigenvalue weighted by Crippen LogP contribution is 2.32. The largest absolute Gasteiger partial charge is 0.416 e. The number of hydrogen-bond acceptors (Lipinski definition) is 2. The first-order valence-electron chi connectivity index (χ1n) is 6.03. The molecule has 2 aromatic rings. The lowest BCUT2D eigenvalue weighted by atomic mass is 10.1. The maximum atomic E-state index is 12.9. The molecule has 0 saturated heterocycles. The summed E-state index contributed by atoms with van der Waals surface area (Å²) in [6.07, 6.45) is 0.481. The van der Waals surface area contributed by atoms with Crippen molar-refractivity contribution in [3.63, 3.8) is 0 Å². The molecule has 0 aliphatic rings. The number of nitrogens with one attached hydrogen (secondary N) is 1. The number of imidazole rings is 1. The molecule has 0 saturated carbocycles. The normalized spacial score (nSPS) is 11.3. The molecule has 0 unspecified atom stereocenters. The molecular formula is C14H14F3N3. The van der Waals surface area contributed by atoms with E-state index in [-0.39, 0.29) is 12.1 Å². The third-order valence-corrected chi connectivity index (χ3v) is 2.78. The van der Waals surface area contributed by atoms with Crippen molar-refractivity contribution >= 4 is 5.95 Å². The highest BCUT2D eigenvalue weighted by molar-refractivity contribution is 5.33. The smallest absolute Gasteiger partial charge is 0.352 e. The number of rotatable bonds is 5. The van der Waals surface area contributed by atoms with E-state index in [0.717, 1.165) is 6.07 Å². The number of halogens is 3. The average molecular weight is 281 g/mol. The molecule has 0 spiro atoms. The summed E-state index contributed by atoms with van der Waals surface area (Å²) in [6.45, 7) is 4.18. The maximum Gasteiger partial charge on any atom is 0.416 e. The van der Waals surface area contributed by atoms with E-state index in [1.54, 1.807) is 29.1 Å². The van der Waals surface area contributed by atoms with E-state index in [2.05, 4.69) is 16.9 Å². The first-order valence-corrected chi connectivity index (χ1v) is 6.03. The minimum atomic E-state index is -4.36. The van der Waals surface area contributed by atoms with Gasteiger partial charge in [-0.2, -0.15) is 13.2 Å². The van der Waals surface area contributed by atoms with Crippen LogP contribution in [0.5, 0.6) is 0 Å². The SMILES string of the molecule is C=CCNc1nccn1Cc1ccccc1C(F)(F)F. The molecule has 1 aromatic heterocycles. The Kier molecular flexibility index (Phi) is 4.12. The Bertz CT molecular complexity index is 587. The van der Waals surface area contributed by atoms with Gasteiger partial charge in [0, 0.05) is 18.9 Å². The molecule has 0 atom stereocenters. The molecule has 0 bridgehead atoms. The second kappa shape index (κ2) is 5.81. The van der Waals surface area contributed by atoms with E-state index in [9.17, 15) is 13.2 Å². The Balaban J connectivity index is 2.27. The zero-order valence-electron chi connectivity index (χ0n) is 10.7. The Morgan fingerprint density at radius 3 is 2.75 bits per heavy atom. The van der Waals surface area contributed by atoms with Gasteiger partial charge >= 0.3 is 6.18 Å². The van der Waals surface area contributed by atoms with Crippen LogP contribution in [0, 0.1) is 0 Å². The van der Waals surface area contributed by atoms with E-state index in [4.69, 9.17) is 0 Å². The standard InChI is InChI=1S/C14H14F3N3/c1-2-7-18-13-19-8-9-20(13)10-11-5-3-4-6-12(11)14(15,16)17/h2-6,8-9H,1,7,10H2,(H,18,19). The van der Waals surface area contributed by atoms with Crippen molar-refractivity contribution in [2.24, 2.45) is 0 Å². The van der Waals surface area contributed by atoms with Gasteiger partial charge in [0.2, 0.25) is 5.95 Å². The number of nitrogens with zero attached hydrogens (tertiary/aromatic N) is 2. The van der Waals surface area contributed by atoms with Gasteiger partial charge in [-0.1, -0.05) is 24.3 Å². The highest BCUT2D eigenvalue weighted by Gasteiger charge is 2.32. The van der Waals surface area contributed by atoms with Crippen LogP contribution in [-0.2, 0) is 12.7 Å². The van der Waals surface area contributed by atoms with Gasteiger partial charge in [0.25, 0.3) is 0 Å². The molecular weight excluding hydrogens is 267 g/mol. The van der Waals surface area contributed by atoms with E-state index in [0.29, 0.717) is 12.5 Å². The highest BCUT2D eigenvalue weighted by atomic mass is 19.4. The van der Waals surface area contributed by atoms with Crippen molar-refractivity contribution in [1.82, 2.24) is 9.55 Å². The van der Waals surface area contributed by atoms with Gasteiger partial charge in [-0.05, 0) is 11.6 Å². The van der Waals surface area contributed by atoms with Gasteiger partial charge in [0.15, 0.2) is 0 Å². The van der Waals surface area contributed by atoms with Crippen molar-refractivity contribution < 1.29 is 13.2 Å². The number of alkyl halides is 3. The fourth-order valence-corrected chi connectivity index (χ4v) is 1.89. The van der Waals surface area contributed by atoms with Gasteiger partial charge < -0.3 is 9.88 Å². The summed E-state index contributed by atoms with van der Waals surface area (Å²) in [6, 6.07) is 5.54. The maximum absolute atomic E-state index is 12.9. The number of aromatic nitrogens is 2. The summed E-state index contributed by atoms with van der Waals surface area (Å²) in [7, 11) is 0. The molecule has 3 nitrogen and oxygen atoms in total. The Labute approximate surface area is 114 Å². The molecule has 20 heavy (non-hydrogen) atoms. The Morgan fingerprint density at radius 2 is 2.05 bits per heavy atom. The van der Waals surface area contributed by atoms with E-state index < -0.39 is 11.7 Å². The fraction of sp³-hybridized carbons (Fsp3) is 0.214. The van der Waals surface area contributed by atoms with Gasteiger partial charge in [0.05, 0.1) is 12.1 Å². The van der Waals surface area contributed by atoms with Crippen molar-refractivity contribution in [3.8, 4) is 0 Å². The summed E-state index contributed by atoms with van der Waals surface area (Å²) >= 11 is 0. The molecule has 0 aliphatic carbocycles. The first kappa shape index (κ1) is 14.2. The summed E-state index contributed by atoms with van der Waals surface area (Å²) < 4.78 is 40.4. The van der Waals surface area contributed by atoms with Crippen LogP contribution in [0.25, 0.3) is 0 Å². The molecule has 1 N–H and O–H groups in total. The minimum absolute atomic E-state index is 0.106. The number of anilines is 1. The fourth-order valence-electron chi connectivity index (χ4n) is 1.89. The van der Waals surface area contributed by atoms with Crippen LogP contribution in [-0.4, -0.2) is 16.1 Å². The van der Waals surface area contributed by atoms with Crippen LogP contribution in [0.2, 0.25) is 0 Å². The lowest BCUT2D eigenvalue weighted by Crippen LogP contribution is -2.13. The molecule has 106 valence electrons. The molecule has 1 aromatic carbocycles. The molecule has 0 aliphatic heterocycles. The molecule has 0 amide bonds. The van der Waals surface area contributed by atoms with Gasteiger partial charge in [-0.3, -0.25) is 0 Å². The second-order valence-corrected chi connectivity index (χ2v) is 4.20. The van der Waals surface area contributed by atoms with Gasteiger partial charge in [0.1, 0.15) is 0 Å². The van der Waals surface area contributed by atoms with Crippen molar-refractivity contribution in [1.29, 1.82) is 0 Å². The van der Waals surface area contributed by atoms with Crippen LogP contribution in [0.3, 0.4) is 0 Å². The van der Waals surface area contributed by atoms with Gasteiger partial charge in [-0.15, -0.1) is 6.58 Å². The Morgan fingerprint density at radius 1 is 1.30 bits per heavy atom. The predicted molar refractivity (Wildman–Crippen MR) is 71.5 cm³/mol. The summed E-state index contributed by atoms with van der Waals surface area (Å²) in [5, 5.41) is 2.97. The zero-order chi connectivity index (χ0) is 14.6. The lowest BCUT2D eigenvalue weighted by molar-refractivity contribution is -0.138. The first-order chi connectivity index (χ1) is 9.52. The minimum Gasteiger partial charge on any atom is -0.352 e. The molecule has 2 rings (SSSR count). The second-order valence-electron chi connectivity index (χ2n) is 4.20. The summed E-state index contributed by atoms with van der Waals surface area (Å²) in [5.74, 6) is 0.516. The molecule has 6 heteroatoms. The van der Waals surface area contributed by atoms with Crippen molar-refractivity contribution in [2.45, 2.75) is 12.7 Å². The third kappa shape index (κ3) is 3.20. The summed E-state index contributed by atoms with van der Waals surface area (Å²) in [5.41, 5.74) is -0.414. The van der Waals surface area contributed by atoms with Crippen molar-refractivity contribution in [2.75, 3.05) is 11.9 Å². The number of benzene rings is 1. The molecule has 0 radical (unpaired) electrons. The monoisotopic (exact) mass is 281 g/mol. The van der Waals surface area contributed by atoms with Gasteiger partial charge in [-0.25, -0.2) is 4.98 Å².